The Labute approximate surface area is 210 Å². The summed E-state index contributed by atoms with van der Waals surface area (Å²) in [5, 5.41) is 3.03. The van der Waals surface area contributed by atoms with Gasteiger partial charge in [-0.2, -0.15) is 0 Å². The number of ether oxygens (including phenoxy) is 2. The molecule has 0 amide bonds. The Morgan fingerprint density at radius 2 is 1.75 bits per heavy atom. The van der Waals surface area contributed by atoms with E-state index in [0.717, 1.165) is 12.3 Å². The molecule has 2 aliphatic rings. The SMILES string of the molecule is COC(=O)C1=C(C2CCC(C(=O)OC)CC2)NC(c2ncc(F)cc2F)=NC1c1ccc(F)cc1Cl. The van der Waals surface area contributed by atoms with Gasteiger partial charge in [-0.1, -0.05) is 17.7 Å². The van der Waals surface area contributed by atoms with Crippen LogP contribution in [0, 0.1) is 29.3 Å². The molecule has 1 aliphatic carbocycles. The van der Waals surface area contributed by atoms with E-state index < -0.39 is 29.5 Å². The summed E-state index contributed by atoms with van der Waals surface area (Å²) in [6.45, 7) is 0. The number of carbonyl (C=O) groups excluding carboxylic acids is 2. The number of hydrogen-bond acceptors (Lipinski definition) is 7. The van der Waals surface area contributed by atoms with Crippen LogP contribution in [0.4, 0.5) is 13.2 Å². The molecule has 1 fully saturated rings. The van der Waals surface area contributed by atoms with Gasteiger partial charge in [-0.15, -0.1) is 0 Å². The first-order chi connectivity index (χ1) is 17.2. The average Bonchev–Trinajstić information content (AvgIpc) is 2.87. The summed E-state index contributed by atoms with van der Waals surface area (Å²) in [4.78, 5) is 33.4. The highest BCUT2D eigenvalue weighted by Crippen LogP contribution is 2.42. The number of hydrogen-bond donors (Lipinski definition) is 1. The van der Waals surface area contributed by atoms with Gasteiger partial charge in [-0.25, -0.2) is 22.9 Å². The molecular formula is C25H23ClF3N3O4. The van der Waals surface area contributed by atoms with E-state index in [9.17, 15) is 22.8 Å². The van der Waals surface area contributed by atoms with Gasteiger partial charge in [0.25, 0.3) is 0 Å². The molecule has 2 heterocycles. The lowest BCUT2D eigenvalue weighted by Crippen LogP contribution is -2.39. The van der Waals surface area contributed by atoms with Gasteiger partial charge in [0, 0.05) is 22.3 Å². The first-order valence-electron chi connectivity index (χ1n) is 11.2. The van der Waals surface area contributed by atoms with Crippen LogP contribution in [0.5, 0.6) is 0 Å². The molecule has 1 aliphatic heterocycles. The summed E-state index contributed by atoms with van der Waals surface area (Å²) >= 11 is 6.33. The van der Waals surface area contributed by atoms with E-state index in [-0.39, 0.29) is 39.9 Å². The van der Waals surface area contributed by atoms with E-state index in [1.165, 1.54) is 26.4 Å². The van der Waals surface area contributed by atoms with E-state index in [2.05, 4.69) is 15.3 Å². The van der Waals surface area contributed by atoms with E-state index in [1.807, 2.05) is 0 Å². The molecule has 1 N–H and O–H groups in total. The zero-order chi connectivity index (χ0) is 26.0. The van der Waals surface area contributed by atoms with Crippen molar-refractivity contribution in [3.63, 3.8) is 0 Å². The van der Waals surface area contributed by atoms with E-state index >= 15 is 0 Å². The maximum atomic E-state index is 14.7. The first kappa shape index (κ1) is 25.7. The highest BCUT2D eigenvalue weighted by Gasteiger charge is 2.38. The number of nitrogens with one attached hydrogen (secondary N) is 1. The largest absolute Gasteiger partial charge is 0.469 e. The van der Waals surface area contributed by atoms with Crippen molar-refractivity contribution in [1.82, 2.24) is 10.3 Å². The molecule has 1 unspecified atom stereocenters. The molecule has 0 saturated heterocycles. The van der Waals surface area contributed by atoms with Crippen molar-refractivity contribution < 1.29 is 32.2 Å². The van der Waals surface area contributed by atoms with Crippen molar-refractivity contribution in [3.8, 4) is 0 Å². The lowest BCUT2D eigenvalue weighted by Gasteiger charge is -2.34. The fourth-order valence-corrected chi connectivity index (χ4v) is 4.93. The highest BCUT2D eigenvalue weighted by atomic mass is 35.5. The molecule has 1 aromatic carbocycles. The zero-order valence-corrected chi connectivity index (χ0v) is 20.2. The van der Waals surface area contributed by atoms with Crippen LogP contribution in [0.25, 0.3) is 0 Å². The van der Waals surface area contributed by atoms with Crippen LogP contribution >= 0.6 is 11.6 Å². The van der Waals surface area contributed by atoms with E-state index in [1.54, 1.807) is 0 Å². The highest BCUT2D eigenvalue weighted by molar-refractivity contribution is 6.31. The number of amidine groups is 1. The second-order valence-corrected chi connectivity index (χ2v) is 8.95. The van der Waals surface area contributed by atoms with E-state index in [0.29, 0.717) is 43.0 Å². The number of pyridine rings is 1. The Balaban J connectivity index is 1.84. The Hall–Kier alpha value is -3.40. The predicted molar refractivity (Wildman–Crippen MR) is 124 cm³/mol. The van der Waals surface area contributed by atoms with Crippen molar-refractivity contribution in [3.05, 3.63) is 75.5 Å². The second-order valence-electron chi connectivity index (χ2n) is 8.55. The molecule has 11 heteroatoms. The third-order valence-corrected chi connectivity index (χ3v) is 6.77. The standard InChI is InChI=1S/C25H23ClF3N3O4/c1-35-24(33)13-5-3-12(4-6-13)20-19(25(34)36-2)21(16-8-7-14(27)9-17(16)26)32-23(31-20)22-18(29)10-15(28)11-30-22/h7-13,21H,3-6H2,1-2H3,(H,31,32). The minimum absolute atomic E-state index is 0.00712. The smallest absolute Gasteiger partial charge is 0.338 e. The summed E-state index contributed by atoms with van der Waals surface area (Å²) in [7, 11) is 2.55. The van der Waals surface area contributed by atoms with Crippen LogP contribution in [0.2, 0.25) is 5.02 Å². The van der Waals surface area contributed by atoms with Gasteiger partial charge in [-0.05, 0) is 43.7 Å². The Kier molecular flexibility index (Phi) is 7.63. The Morgan fingerprint density at radius 3 is 2.36 bits per heavy atom. The quantitative estimate of drug-likeness (QED) is 0.576. The zero-order valence-electron chi connectivity index (χ0n) is 19.5. The van der Waals surface area contributed by atoms with Crippen LogP contribution in [0.15, 0.2) is 46.7 Å². The van der Waals surface area contributed by atoms with E-state index in [4.69, 9.17) is 21.1 Å². The van der Waals surface area contributed by atoms with Gasteiger partial charge in [-0.3, -0.25) is 9.79 Å². The summed E-state index contributed by atoms with van der Waals surface area (Å²) in [5.74, 6) is -3.98. The van der Waals surface area contributed by atoms with Gasteiger partial charge in [0.1, 0.15) is 23.4 Å². The Morgan fingerprint density at radius 1 is 1.03 bits per heavy atom. The van der Waals surface area contributed by atoms with Gasteiger partial charge in [0.2, 0.25) is 0 Å². The molecule has 0 radical (unpaired) electrons. The minimum atomic E-state index is -1.08. The summed E-state index contributed by atoms with van der Waals surface area (Å²) in [6, 6.07) is 3.23. The summed E-state index contributed by atoms with van der Waals surface area (Å²) < 4.78 is 51.9. The second kappa shape index (κ2) is 10.7. The van der Waals surface area contributed by atoms with Crippen molar-refractivity contribution in [1.29, 1.82) is 0 Å². The molecule has 4 rings (SSSR count). The molecule has 7 nitrogen and oxygen atoms in total. The topological polar surface area (TPSA) is 89.9 Å². The van der Waals surface area contributed by atoms with Crippen LogP contribution in [-0.2, 0) is 19.1 Å². The molecular weight excluding hydrogens is 499 g/mol. The van der Waals surface area contributed by atoms with Crippen molar-refractivity contribution in [2.24, 2.45) is 16.8 Å². The molecule has 1 atom stereocenters. The number of allylic oxidation sites excluding steroid dienone is 1. The number of aromatic nitrogens is 1. The predicted octanol–water partition coefficient (Wildman–Crippen LogP) is 4.65. The van der Waals surface area contributed by atoms with Crippen LogP contribution < -0.4 is 5.32 Å². The van der Waals surface area contributed by atoms with Crippen molar-refractivity contribution in [2.75, 3.05) is 14.2 Å². The third kappa shape index (κ3) is 5.09. The number of rotatable bonds is 5. The summed E-state index contributed by atoms with van der Waals surface area (Å²) in [5.41, 5.74) is 0.565. The third-order valence-electron chi connectivity index (χ3n) is 6.44. The normalized spacial score (nSPS) is 21.9. The van der Waals surface area contributed by atoms with Gasteiger partial charge in [0.15, 0.2) is 11.7 Å². The molecule has 1 saturated carbocycles. The number of halogens is 4. The van der Waals surface area contributed by atoms with Crippen molar-refractivity contribution in [2.45, 2.75) is 31.7 Å². The lowest BCUT2D eigenvalue weighted by molar-refractivity contribution is -0.146. The monoisotopic (exact) mass is 521 g/mol. The molecule has 2 aromatic rings. The maximum Gasteiger partial charge on any atom is 0.338 e. The number of benzene rings is 1. The van der Waals surface area contributed by atoms with Crippen LogP contribution in [-0.4, -0.2) is 37.0 Å². The Bertz CT molecular complexity index is 1260. The van der Waals surface area contributed by atoms with Gasteiger partial charge < -0.3 is 14.8 Å². The fourth-order valence-electron chi connectivity index (χ4n) is 4.66. The molecule has 36 heavy (non-hydrogen) atoms. The summed E-state index contributed by atoms with van der Waals surface area (Å²) in [6.07, 6.45) is 2.89. The van der Waals surface area contributed by atoms with Crippen molar-refractivity contribution >= 4 is 29.4 Å². The van der Waals surface area contributed by atoms with Gasteiger partial charge >= 0.3 is 11.9 Å². The van der Waals surface area contributed by atoms with Gasteiger partial charge in [0.05, 0.1) is 31.9 Å². The molecule has 0 bridgehead atoms. The maximum absolute atomic E-state index is 14.7. The van der Waals surface area contributed by atoms with Crippen LogP contribution in [0.1, 0.15) is 43.0 Å². The minimum Gasteiger partial charge on any atom is -0.469 e. The number of esters is 2. The average molecular weight is 522 g/mol. The lowest BCUT2D eigenvalue weighted by atomic mass is 9.78. The first-order valence-corrected chi connectivity index (χ1v) is 11.6. The van der Waals surface area contributed by atoms with Crippen LogP contribution in [0.3, 0.4) is 0 Å². The number of carbonyl (C=O) groups is 2. The molecule has 1 aromatic heterocycles. The molecule has 190 valence electrons. The molecule has 0 spiro atoms. The number of methoxy groups -OCH3 is 2. The number of aliphatic imine (C=N–C) groups is 1. The number of nitrogens with zero attached hydrogens (tertiary/aromatic N) is 2. The fraction of sp³-hybridized carbons (Fsp3) is 0.360.